The van der Waals surface area contributed by atoms with Gasteiger partial charge in [-0.25, -0.2) is 0 Å². The first-order valence-corrected chi connectivity index (χ1v) is 4.19. The van der Waals surface area contributed by atoms with Gasteiger partial charge in [0.1, 0.15) is 6.20 Å². The zero-order valence-corrected chi connectivity index (χ0v) is 8.10. The second-order valence-electron chi connectivity index (χ2n) is 3.70. The van der Waals surface area contributed by atoms with Gasteiger partial charge in [-0.2, -0.15) is 0 Å². The number of aromatic nitrogens is 1. The van der Waals surface area contributed by atoms with E-state index in [-0.39, 0.29) is 12.3 Å². The highest BCUT2D eigenvalue weighted by Crippen LogP contribution is 2.21. The number of rotatable bonds is 3. The predicted molar refractivity (Wildman–Crippen MR) is 51.0 cm³/mol. The SMILES string of the molecule is CC(C)(CO)c1ccc([N+](=O)[O-])cn1. The fourth-order valence-electron chi connectivity index (χ4n) is 0.975. The van der Waals surface area contributed by atoms with Crippen molar-refractivity contribution in [1.82, 2.24) is 4.98 Å². The Kier molecular flexibility index (Phi) is 2.81. The Bertz CT molecular complexity index is 332. The van der Waals surface area contributed by atoms with Crippen LogP contribution in [0.2, 0.25) is 0 Å². The van der Waals surface area contributed by atoms with E-state index < -0.39 is 10.3 Å². The lowest BCUT2D eigenvalue weighted by Gasteiger charge is -2.20. The van der Waals surface area contributed by atoms with Crippen LogP contribution in [0.3, 0.4) is 0 Å². The van der Waals surface area contributed by atoms with Crippen LogP contribution < -0.4 is 0 Å². The number of aliphatic hydroxyl groups is 1. The van der Waals surface area contributed by atoms with Gasteiger partial charge >= 0.3 is 0 Å². The lowest BCUT2D eigenvalue weighted by molar-refractivity contribution is -0.385. The van der Waals surface area contributed by atoms with Gasteiger partial charge in [-0.15, -0.1) is 0 Å². The molecule has 0 aliphatic rings. The Hall–Kier alpha value is -1.49. The van der Waals surface area contributed by atoms with Crippen LogP contribution in [0.25, 0.3) is 0 Å². The van der Waals surface area contributed by atoms with Crippen LogP contribution in [0.4, 0.5) is 5.69 Å². The molecule has 0 atom stereocenters. The molecule has 0 spiro atoms. The average Bonchev–Trinajstić information content (AvgIpc) is 2.18. The van der Waals surface area contributed by atoms with Crippen molar-refractivity contribution >= 4 is 5.69 Å². The molecule has 0 bridgehead atoms. The molecule has 0 unspecified atom stereocenters. The summed E-state index contributed by atoms with van der Waals surface area (Å²) in [6.07, 6.45) is 1.20. The highest BCUT2D eigenvalue weighted by atomic mass is 16.6. The van der Waals surface area contributed by atoms with Crippen molar-refractivity contribution < 1.29 is 10.0 Å². The number of hydrogen-bond donors (Lipinski definition) is 1. The van der Waals surface area contributed by atoms with Crippen LogP contribution in [-0.4, -0.2) is 21.6 Å². The van der Waals surface area contributed by atoms with Crippen LogP contribution in [0.15, 0.2) is 18.3 Å². The fourth-order valence-corrected chi connectivity index (χ4v) is 0.975. The summed E-state index contributed by atoms with van der Waals surface area (Å²) in [7, 11) is 0. The molecule has 0 aromatic carbocycles. The Morgan fingerprint density at radius 1 is 1.57 bits per heavy atom. The molecule has 76 valence electrons. The molecule has 0 radical (unpaired) electrons. The Balaban J connectivity index is 2.99. The third kappa shape index (κ3) is 2.05. The first-order valence-electron chi connectivity index (χ1n) is 4.19. The van der Waals surface area contributed by atoms with Gasteiger partial charge in [0, 0.05) is 17.2 Å². The highest BCUT2D eigenvalue weighted by Gasteiger charge is 2.21. The lowest BCUT2D eigenvalue weighted by Crippen LogP contribution is -2.23. The monoisotopic (exact) mass is 196 g/mol. The second-order valence-corrected chi connectivity index (χ2v) is 3.70. The molecular weight excluding hydrogens is 184 g/mol. The summed E-state index contributed by atoms with van der Waals surface area (Å²) in [4.78, 5) is 13.8. The summed E-state index contributed by atoms with van der Waals surface area (Å²) in [6, 6.07) is 2.95. The maximum Gasteiger partial charge on any atom is 0.287 e. The van der Waals surface area contributed by atoms with E-state index in [9.17, 15) is 10.1 Å². The normalized spacial score (nSPS) is 11.4. The topological polar surface area (TPSA) is 76.3 Å². The van der Waals surface area contributed by atoms with E-state index in [0.717, 1.165) is 0 Å². The molecule has 1 rings (SSSR count). The number of nitro groups is 1. The van der Waals surface area contributed by atoms with E-state index >= 15 is 0 Å². The van der Waals surface area contributed by atoms with Crippen molar-refractivity contribution in [1.29, 1.82) is 0 Å². The lowest BCUT2D eigenvalue weighted by atomic mass is 9.90. The number of hydrogen-bond acceptors (Lipinski definition) is 4. The molecule has 0 aliphatic heterocycles. The van der Waals surface area contributed by atoms with E-state index in [1.165, 1.54) is 12.3 Å². The number of pyridine rings is 1. The third-order valence-corrected chi connectivity index (χ3v) is 2.05. The predicted octanol–water partition coefficient (Wildman–Crippen LogP) is 1.26. The van der Waals surface area contributed by atoms with Gasteiger partial charge in [-0.05, 0) is 6.07 Å². The average molecular weight is 196 g/mol. The quantitative estimate of drug-likeness (QED) is 0.583. The van der Waals surface area contributed by atoms with Gasteiger partial charge < -0.3 is 5.11 Å². The second kappa shape index (κ2) is 3.71. The smallest absolute Gasteiger partial charge is 0.287 e. The molecule has 14 heavy (non-hydrogen) atoms. The van der Waals surface area contributed by atoms with Gasteiger partial charge in [-0.3, -0.25) is 15.1 Å². The van der Waals surface area contributed by atoms with Crippen molar-refractivity contribution in [3.63, 3.8) is 0 Å². The van der Waals surface area contributed by atoms with Crippen molar-refractivity contribution in [3.05, 3.63) is 34.1 Å². The van der Waals surface area contributed by atoms with E-state index in [2.05, 4.69) is 4.98 Å². The molecule has 1 N–H and O–H groups in total. The molecule has 0 saturated carbocycles. The van der Waals surface area contributed by atoms with Gasteiger partial charge in [-0.1, -0.05) is 13.8 Å². The molecule has 5 nitrogen and oxygen atoms in total. The van der Waals surface area contributed by atoms with Gasteiger partial charge in [0.2, 0.25) is 0 Å². The van der Waals surface area contributed by atoms with Crippen molar-refractivity contribution in [2.45, 2.75) is 19.3 Å². The van der Waals surface area contributed by atoms with Gasteiger partial charge in [0.05, 0.1) is 11.5 Å². The Morgan fingerprint density at radius 2 is 2.21 bits per heavy atom. The number of nitrogens with zero attached hydrogens (tertiary/aromatic N) is 2. The molecule has 1 aromatic heterocycles. The summed E-state index contributed by atoms with van der Waals surface area (Å²) in [5, 5.41) is 19.4. The molecule has 0 amide bonds. The van der Waals surface area contributed by atoms with E-state index in [1.54, 1.807) is 6.07 Å². The van der Waals surface area contributed by atoms with Crippen LogP contribution in [0.1, 0.15) is 19.5 Å². The summed E-state index contributed by atoms with van der Waals surface area (Å²) >= 11 is 0. The zero-order chi connectivity index (χ0) is 10.8. The van der Waals surface area contributed by atoms with E-state index in [4.69, 9.17) is 5.11 Å². The standard InChI is InChI=1S/C9H12N2O3/c1-9(2,6-12)8-4-3-7(5-10-8)11(13)14/h3-5,12H,6H2,1-2H3. The van der Waals surface area contributed by atoms with Crippen LogP contribution in [-0.2, 0) is 5.41 Å². The van der Waals surface area contributed by atoms with Crippen LogP contribution >= 0.6 is 0 Å². The summed E-state index contributed by atoms with van der Waals surface area (Å²) < 4.78 is 0. The molecule has 1 aromatic rings. The van der Waals surface area contributed by atoms with Crippen LogP contribution in [0, 0.1) is 10.1 Å². The molecule has 5 heteroatoms. The van der Waals surface area contributed by atoms with E-state index in [0.29, 0.717) is 5.69 Å². The Morgan fingerprint density at radius 3 is 2.57 bits per heavy atom. The summed E-state index contributed by atoms with van der Waals surface area (Å²) in [5.74, 6) is 0. The third-order valence-electron chi connectivity index (χ3n) is 2.05. The van der Waals surface area contributed by atoms with Crippen molar-refractivity contribution in [2.75, 3.05) is 6.61 Å². The summed E-state index contributed by atoms with van der Waals surface area (Å²) in [6.45, 7) is 3.60. The minimum absolute atomic E-state index is 0.0394. The largest absolute Gasteiger partial charge is 0.395 e. The minimum atomic E-state index is -0.497. The first-order chi connectivity index (χ1) is 6.47. The van der Waals surface area contributed by atoms with Crippen molar-refractivity contribution in [3.8, 4) is 0 Å². The first kappa shape index (κ1) is 10.6. The Labute approximate surface area is 81.6 Å². The maximum absolute atomic E-state index is 10.3. The number of aliphatic hydroxyl groups excluding tert-OH is 1. The van der Waals surface area contributed by atoms with E-state index in [1.807, 2.05) is 13.8 Å². The molecular formula is C9H12N2O3. The zero-order valence-electron chi connectivity index (χ0n) is 8.10. The minimum Gasteiger partial charge on any atom is -0.395 e. The van der Waals surface area contributed by atoms with Gasteiger partial charge in [0.15, 0.2) is 0 Å². The molecule has 1 heterocycles. The molecule has 0 aliphatic carbocycles. The highest BCUT2D eigenvalue weighted by molar-refractivity contribution is 5.29. The fraction of sp³-hybridized carbons (Fsp3) is 0.444. The van der Waals surface area contributed by atoms with Crippen molar-refractivity contribution in [2.24, 2.45) is 0 Å². The van der Waals surface area contributed by atoms with Crippen LogP contribution in [0.5, 0.6) is 0 Å². The maximum atomic E-state index is 10.3. The van der Waals surface area contributed by atoms with Gasteiger partial charge in [0.25, 0.3) is 5.69 Å². The molecule has 0 saturated heterocycles. The molecule has 0 fully saturated rings. The summed E-state index contributed by atoms with van der Waals surface area (Å²) in [5.41, 5.74) is 0.142.